The minimum Gasteiger partial charge on any atom is -0.390 e. The number of hydrogen-bond acceptors (Lipinski definition) is 5. The number of aliphatic hydroxyl groups excluding tert-OH is 1. The van der Waals surface area contributed by atoms with Crippen molar-refractivity contribution in [2.24, 2.45) is 0 Å². The third kappa shape index (κ3) is 3.53. The van der Waals surface area contributed by atoms with Gasteiger partial charge in [-0.2, -0.15) is 0 Å². The summed E-state index contributed by atoms with van der Waals surface area (Å²) in [6, 6.07) is 2.37. The van der Waals surface area contributed by atoms with Crippen LogP contribution in [0.1, 0.15) is 65.2 Å². The second-order valence-corrected chi connectivity index (χ2v) is 9.07. The molecule has 0 saturated carbocycles. The van der Waals surface area contributed by atoms with Crippen molar-refractivity contribution in [1.29, 1.82) is 0 Å². The van der Waals surface area contributed by atoms with E-state index in [-0.39, 0.29) is 12.5 Å². The van der Waals surface area contributed by atoms with Gasteiger partial charge >= 0.3 is 0 Å². The Morgan fingerprint density at radius 2 is 1.81 bits per heavy atom. The molecule has 1 amide bonds. The molecule has 1 aromatic heterocycles. The number of amides is 1. The molecule has 2 aromatic rings. The highest BCUT2D eigenvalue weighted by Gasteiger charge is 2.27. The number of aromatic nitrogens is 1. The molecule has 5 nitrogen and oxygen atoms in total. The minimum atomic E-state index is -1.10. The van der Waals surface area contributed by atoms with Crippen molar-refractivity contribution < 1.29 is 15.0 Å². The molecule has 0 aliphatic heterocycles. The predicted octanol–water partition coefficient (Wildman–Crippen LogP) is 3.02. The second-order valence-electron chi connectivity index (χ2n) is 8.07. The topological polar surface area (TPSA) is 82.5 Å². The van der Waals surface area contributed by atoms with Crippen molar-refractivity contribution in [1.82, 2.24) is 4.98 Å². The van der Waals surface area contributed by atoms with Gasteiger partial charge in [0.1, 0.15) is 21.3 Å². The molecule has 6 heteroatoms. The van der Waals surface area contributed by atoms with Crippen molar-refractivity contribution in [2.75, 3.05) is 5.32 Å². The van der Waals surface area contributed by atoms with Gasteiger partial charge in [-0.25, -0.2) is 4.98 Å². The number of carbonyl (C=O) groups excluding carboxylic acids is 1. The lowest BCUT2D eigenvalue weighted by Gasteiger charge is -2.15. The van der Waals surface area contributed by atoms with Gasteiger partial charge in [0, 0.05) is 0 Å². The Balaban J connectivity index is 1.59. The zero-order valence-corrected chi connectivity index (χ0v) is 16.7. The molecule has 0 unspecified atom stereocenters. The van der Waals surface area contributed by atoms with Crippen molar-refractivity contribution in [3.05, 3.63) is 44.6 Å². The summed E-state index contributed by atoms with van der Waals surface area (Å²) in [4.78, 5) is 17.1. The number of fused-ring (bicyclic) bond motifs is 2. The van der Waals surface area contributed by atoms with Crippen LogP contribution in [0, 0.1) is 0 Å². The summed E-state index contributed by atoms with van der Waals surface area (Å²) in [6.45, 7) is 3.03. The molecule has 1 aromatic carbocycles. The van der Waals surface area contributed by atoms with Crippen LogP contribution in [0.25, 0.3) is 0 Å². The van der Waals surface area contributed by atoms with Crippen LogP contribution in [0.5, 0.6) is 0 Å². The molecule has 2 aliphatic carbocycles. The number of benzene rings is 1. The monoisotopic (exact) mass is 386 g/mol. The van der Waals surface area contributed by atoms with Gasteiger partial charge in [-0.1, -0.05) is 17.4 Å². The molecule has 0 saturated heterocycles. The molecule has 0 radical (unpaired) electrons. The summed E-state index contributed by atoms with van der Waals surface area (Å²) < 4.78 is 0. The fourth-order valence-electron chi connectivity index (χ4n) is 4.30. The molecule has 0 bridgehead atoms. The van der Waals surface area contributed by atoms with Gasteiger partial charge in [0.05, 0.1) is 13.0 Å². The number of thiazole rings is 1. The van der Waals surface area contributed by atoms with E-state index in [0.717, 1.165) is 25.7 Å². The third-order valence-electron chi connectivity index (χ3n) is 5.56. The van der Waals surface area contributed by atoms with Gasteiger partial charge in [-0.05, 0) is 80.2 Å². The van der Waals surface area contributed by atoms with Crippen molar-refractivity contribution >= 4 is 22.2 Å². The first-order valence-electron chi connectivity index (χ1n) is 9.65. The third-order valence-corrected chi connectivity index (χ3v) is 6.88. The van der Waals surface area contributed by atoms with E-state index in [1.54, 1.807) is 13.8 Å². The van der Waals surface area contributed by atoms with Crippen molar-refractivity contribution in [2.45, 2.75) is 71.0 Å². The highest BCUT2D eigenvalue weighted by molar-refractivity contribution is 7.16. The highest BCUT2D eigenvalue weighted by atomic mass is 32.1. The molecule has 2 aliphatic rings. The van der Waals surface area contributed by atoms with E-state index in [1.165, 1.54) is 52.0 Å². The highest BCUT2D eigenvalue weighted by Crippen LogP contribution is 2.36. The maximum atomic E-state index is 12.8. The Labute approximate surface area is 163 Å². The number of carbonyl (C=O) groups is 1. The Morgan fingerprint density at radius 1 is 1.19 bits per heavy atom. The lowest BCUT2D eigenvalue weighted by molar-refractivity contribution is -0.115. The van der Waals surface area contributed by atoms with Gasteiger partial charge in [0.2, 0.25) is 5.91 Å². The molecule has 3 N–H and O–H groups in total. The minimum absolute atomic E-state index is 0.0787. The van der Waals surface area contributed by atoms with Crippen LogP contribution >= 0.6 is 11.3 Å². The zero-order chi connectivity index (χ0) is 19.2. The average Bonchev–Trinajstić information content (AvgIpc) is 3.31. The van der Waals surface area contributed by atoms with Gasteiger partial charge in [0.25, 0.3) is 0 Å². The smallest absolute Gasteiger partial charge is 0.229 e. The predicted molar refractivity (Wildman–Crippen MR) is 106 cm³/mol. The molecule has 0 fully saturated rings. The first-order valence-corrected chi connectivity index (χ1v) is 10.5. The number of nitrogens with one attached hydrogen (secondary N) is 1. The van der Waals surface area contributed by atoms with E-state index in [0.29, 0.717) is 22.1 Å². The van der Waals surface area contributed by atoms with Gasteiger partial charge in [0.15, 0.2) is 0 Å². The number of nitrogens with zero attached hydrogens (tertiary/aromatic N) is 1. The number of aliphatic hydroxyl groups is 2. The maximum absolute atomic E-state index is 12.8. The maximum Gasteiger partial charge on any atom is 0.229 e. The van der Waals surface area contributed by atoms with E-state index in [9.17, 15) is 15.0 Å². The summed E-state index contributed by atoms with van der Waals surface area (Å²) in [5.41, 5.74) is 6.16. The van der Waals surface area contributed by atoms with E-state index in [2.05, 4.69) is 16.4 Å². The van der Waals surface area contributed by atoms with Gasteiger partial charge < -0.3 is 15.5 Å². The lowest BCUT2D eigenvalue weighted by Crippen LogP contribution is -2.17. The van der Waals surface area contributed by atoms with E-state index in [1.807, 2.05) is 0 Å². The van der Waals surface area contributed by atoms with Crippen molar-refractivity contribution in [3.8, 4) is 0 Å². The van der Waals surface area contributed by atoms with E-state index >= 15 is 0 Å². The molecular weight excluding hydrogens is 360 g/mol. The lowest BCUT2D eigenvalue weighted by atomic mass is 9.92. The molecular formula is C21H26N2O3S. The molecule has 27 heavy (non-hydrogen) atoms. The number of hydrogen-bond donors (Lipinski definition) is 3. The van der Waals surface area contributed by atoms with Crippen LogP contribution in [0.3, 0.4) is 0 Å². The van der Waals surface area contributed by atoms with Gasteiger partial charge in [-0.3, -0.25) is 4.79 Å². The first-order chi connectivity index (χ1) is 12.9. The zero-order valence-electron chi connectivity index (χ0n) is 15.9. The van der Waals surface area contributed by atoms with E-state index < -0.39 is 5.60 Å². The first kappa shape index (κ1) is 18.6. The summed E-state index contributed by atoms with van der Waals surface area (Å²) >= 11 is 1.23. The molecule has 144 valence electrons. The average molecular weight is 387 g/mol. The molecule has 0 atom stereocenters. The Hall–Kier alpha value is -1.76. The number of aryl methyl sites for hydroxylation is 2. The second kappa shape index (κ2) is 7.00. The van der Waals surface area contributed by atoms with Crippen LogP contribution in [-0.4, -0.2) is 21.1 Å². The Morgan fingerprint density at radius 3 is 2.37 bits per heavy atom. The summed E-state index contributed by atoms with van der Waals surface area (Å²) in [7, 11) is 0. The van der Waals surface area contributed by atoms with Crippen LogP contribution in [0.2, 0.25) is 0 Å². The van der Waals surface area contributed by atoms with Crippen LogP contribution in [0.15, 0.2) is 6.07 Å². The van der Waals surface area contributed by atoms with E-state index in [4.69, 9.17) is 0 Å². The normalized spacial score (nSPS) is 15.7. The molecule has 4 rings (SSSR count). The Kier molecular flexibility index (Phi) is 4.82. The van der Waals surface area contributed by atoms with Crippen LogP contribution < -0.4 is 5.32 Å². The van der Waals surface area contributed by atoms with Gasteiger partial charge in [-0.15, -0.1) is 0 Å². The summed E-state index contributed by atoms with van der Waals surface area (Å²) in [6.07, 6.45) is 7.08. The number of anilines is 1. The fraction of sp³-hybridized carbons (Fsp3) is 0.524. The number of rotatable bonds is 5. The molecule has 1 heterocycles. The summed E-state index contributed by atoms with van der Waals surface area (Å²) in [5, 5.41) is 23.7. The quantitative estimate of drug-likeness (QED) is 0.738. The van der Waals surface area contributed by atoms with Crippen LogP contribution in [-0.2, 0) is 49.1 Å². The summed E-state index contributed by atoms with van der Waals surface area (Å²) in [5.74, 6) is -0.0787. The Bertz CT molecular complexity index is 864. The van der Waals surface area contributed by atoms with Crippen LogP contribution in [0.4, 0.5) is 5.00 Å². The van der Waals surface area contributed by atoms with Crippen molar-refractivity contribution in [3.63, 3.8) is 0 Å². The largest absolute Gasteiger partial charge is 0.390 e. The molecule has 0 spiro atoms. The SMILES string of the molecule is CC(C)(O)c1nc(CO)c(NC(=O)Cc2c3c(cc4c2CCC4)CCC3)s1. The fourth-order valence-corrected chi connectivity index (χ4v) is 5.29. The standard InChI is InChI=1S/C21H26N2O3S/c1-21(2,26)20-22-17(11-24)19(27-20)23-18(25)10-16-14-7-3-5-12(14)9-13-6-4-8-15(13)16/h9,24,26H,3-8,10-11H2,1-2H3,(H,23,25).